The van der Waals surface area contributed by atoms with Crippen LogP contribution in [-0.2, 0) is 14.3 Å². The molecule has 0 saturated carbocycles. The van der Waals surface area contributed by atoms with Crippen LogP contribution in [0.2, 0.25) is 0 Å². The number of hydrogen-bond donors (Lipinski definition) is 8. The second kappa shape index (κ2) is 58.9. The molecule has 1 aliphatic rings. The van der Waals surface area contributed by atoms with Crippen LogP contribution in [0.3, 0.4) is 0 Å². The van der Waals surface area contributed by atoms with Crippen LogP contribution in [-0.4, -0.2) is 110 Å². The quantitative estimate of drug-likeness (QED) is 0.0215. The van der Waals surface area contributed by atoms with Gasteiger partial charge in [-0.3, -0.25) is 4.79 Å². The van der Waals surface area contributed by atoms with E-state index >= 15 is 0 Å². The van der Waals surface area contributed by atoms with Crippen molar-refractivity contribution in [3.63, 3.8) is 0 Å². The van der Waals surface area contributed by atoms with Gasteiger partial charge in [-0.2, -0.15) is 0 Å². The lowest BCUT2D eigenvalue weighted by Crippen LogP contribution is -2.60. The SMILES string of the molecule is CCCCCCCCCCCCCCCCCCCCCCCC/C=C/CC/C=C/CCCC(O)C(O)C(COC1OC(CO)C(O)C(O)C1O)NC(=O)C(O)CCCCCCCCCCCCCCCCCCCCCCCCC. The van der Waals surface area contributed by atoms with E-state index in [2.05, 4.69) is 43.5 Å². The first-order valence-corrected chi connectivity index (χ1v) is 35.2. The van der Waals surface area contributed by atoms with Gasteiger partial charge < -0.3 is 50.5 Å². The van der Waals surface area contributed by atoms with E-state index in [1.54, 1.807) is 0 Å². The van der Waals surface area contributed by atoms with Gasteiger partial charge in [-0.05, 0) is 51.4 Å². The number of unbranched alkanes of at least 4 members (excludes halogenated alkanes) is 46. The molecule has 480 valence electrons. The number of carbonyl (C=O) groups excluding carboxylic acids is 1. The smallest absolute Gasteiger partial charge is 0.249 e. The zero-order chi connectivity index (χ0) is 58.9. The van der Waals surface area contributed by atoms with Crippen molar-refractivity contribution in [3.05, 3.63) is 24.3 Å². The van der Waals surface area contributed by atoms with Crippen molar-refractivity contribution in [1.82, 2.24) is 5.32 Å². The average Bonchev–Trinajstić information content (AvgIpc) is 3.49. The molecular formula is C70H135NO10. The molecule has 11 nitrogen and oxygen atoms in total. The number of allylic oxidation sites excluding steroid dienone is 4. The largest absolute Gasteiger partial charge is 0.394 e. The van der Waals surface area contributed by atoms with Gasteiger partial charge in [0.15, 0.2) is 6.29 Å². The highest BCUT2D eigenvalue weighted by molar-refractivity contribution is 5.80. The van der Waals surface area contributed by atoms with E-state index in [0.717, 1.165) is 38.5 Å². The van der Waals surface area contributed by atoms with Crippen molar-refractivity contribution in [3.8, 4) is 0 Å². The van der Waals surface area contributed by atoms with Gasteiger partial charge in [0.05, 0.1) is 25.4 Å². The van der Waals surface area contributed by atoms with Gasteiger partial charge in [0.1, 0.15) is 36.6 Å². The Kier molecular flexibility index (Phi) is 56.5. The summed E-state index contributed by atoms with van der Waals surface area (Å²) in [5, 5.41) is 76.4. The van der Waals surface area contributed by atoms with Gasteiger partial charge in [-0.25, -0.2) is 0 Å². The van der Waals surface area contributed by atoms with Crippen molar-refractivity contribution in [2.75, 3.05) is 13.2 Å². The van der Waals surface area contributed by atoms with Crippen LogP contribution in [0.1, 0.15) is 348 Å². The summed E-state index contributed by atoms with van der Waals surface area (Å²) in [5.41, 5.74) is 0. The lowest BCUT2D eigenvalue weighted by Gasteiger charge is -2.40. The zero-order valence-corrected chi connectivity index (χ0v) is 53.0. The van der Waals surface area contributed by atoms with E-state index in [0.29, 0.717) is 19.3 Å². The lowest BCUT2D eigenvalue weighted by molar-refractivity contribution is -0.303. The number of carbonyl (C=O) groups is 1. The van der Waals surface area contributed by atoms with E-state index in [1.807, 2.05) is 0 Å². The maximum absolute atomic E-state index is 13.2. The monoisotopic (exact) mass is 1150 g/mol. The fraction of sp³-hybridized carbons (Fsp3) is 0.929. The van der Waals surface area contributed by atoms with Gasteiger partial charge >= 0.3 is 0 Å². The highest BCUT2D eigenvalue weighted by Crippen LogP contribution is 2.24. The van der Waals surface area contributed by atoms with Crippen LogP contribution < -0.4 is 5.32 Å². The van der Waals surface area contributed by atoms with Gasteiger partial charge in [0.2, 0.25) is 5.91 Å². The maximum Gasteiger partial charge on any atom is 0.249 e. The van der Waals surface area contributed by atoms with Crippen LogP contribution in [0, 0.1) is 0 Å². The van der Waals surface area contributed by atoms with Crippen molar-refractivity contribution in [1.29, 1.82) is 0 Å². The number of rotatable bonds is 62. The van der Waals surface area contributed by atoms with E-state index in [-0.39, 0.29) is 12.8 Å². The molecule has 1 heterocycles. The molecule has 0 radical (unpaired) electrons. The molecule has 0 aromatic heterocycles. The standard InChI is InChI=1S/C70H135NO10/c1-3-5-7-9-11-13-15-17-19-21-23-25-27-28-29-30-31-32-33-34-36-37-39-41-43-45-47-49-51-53-55-57-62(73)65(75)61(60-80-70-68(78)67(77)66(76)64(59-72)81-70)71-69(79)63(74)58-56-54-52-50-48-46-44-42-40-38-35-26-24-22-20-18-16-14-12-10-8-6-4-2/h41,43,49,51,61-68,70,72-78H,3-40,42,44-48,50,52-60H2,1-2H3,(H,71,79)/b43-41+,51-49+. The van der Waals surface area contributed by atoms with E-state index in [4.69, 9.17) is 9.47 Å². The Morgan fingerprint density at radius 3 is 1.10 bits per heavy atom. The summed E-state index contributed by atoms with van der Waals surface area (Å²) in [6.45, 7) is 3.50. The molecule has 1 aliphatic heterocycles. The third-order valence-electron chi connectivity index (χ3n) is 17.2. The Morgan fingerprint density at radius 2 is 0.741 bits per heavy atom. The highest BCUT2D eigenvalue weighted by Gasteiger charge is 2.44. The van der Waals surface area contributed by atoms with Gasteiger partial charge in [-0.1, -0.05) is 321 Å². The minimum absolute atomic E-state index is 0.249. The number of ether oxygens (including phenoxy) is 2. The second-order valence-electron chi connectivity index (χ2n) is 25.0. The molecule has 1 fully saturated rings. The molecule has 1 rings (SSSR count). The van der Waals surface area contributed by atoms with Crippen LogP contribution in [0.4, 0.5) is 0 Å². The molecule has 81 heavy (non-hydrogen) atoms. The lowest BCUT2D eigenvalue weighted by atomic mass is 9.98. The van der Waals surface area contributed by atoms with Crippen molar-refractivity contribution in [2.24, 2.45) is 0 Å². The normalized spacial score (nSPS) is 19.2. The average molecular weight is 1150 g/mol. The Bertz CT molecular complexity index is 1370. The summed E-state index contributed by atoms with van der Waals surface area (Å²) >= 11 is 0. The summed E-state index contributed by atoms with van der Waals surface area (Å²) in [4.78, 5) is 13.2. The fourth-order valence-corrected chi connectivity index (χ4v) is 11.6. The molecule has 9 unspecified atom stereocenters. The molecule has 0 spiro atoms. The van der Waals surface area contributed by atoms with Gasteiger partial charge in [-0.15, -0.1) is 0 Å². The minimum Gasteiger partial charge on any atom is -0.394 e. The maximum atomic E-state index is 13.2. The molecule has 1 amide bonds. The van der Waals surface area contributed by atoms with Gasteiger partial charge in [0.25, 0.3) is 0 Å². The number of nitrogens with one attached hydrogen (secondary N) is 1. The van der Waals surface area contributed by atoms with E-state index < -0.39 is 74.2 Å². The first-order chi connectivity index (χ1) is 39.7. The third kappa shape index (κ3) is 46.5. The Hall–Kier alpha value is -1.41. The van der Waals surface area contributed by atoms with Crippen LogP contribution in [0.25, 0.3) is 0 Å². The summed E-state index contributed by atoms with van der Waals surface area (Å²) in [6.07, 6.45) is 62.7. The zero-order valence-electron chi connectivity index (χ0n) is 53.0. The third-order valence-corrected chi connectivity index (χ3v) is 17.2. The molecule has 1 saturated heterocycles. The molecule has 11 heteroatoms. The summed E-state index contributed by atoms with van der Waals surface area (Å²) < 4.78 is 11.2. The first kappa shape index (κ1) is 77.6. The Balaban J connectivity index is 2.22. The molecule has 0 aromatic rings. The molecule has 0 aromatic carbocycles. The second-order valence-corrected chi connectivity index (χ2v) is 25.0. The van der Waals surface area contributed by atoms with Crippen molar-refractivity contribution in [2.45, 2.75) is 403 Å². The van der Waals surface area contributed by atoms with E-state index in [9.17, 15) is 40.5 Å². The molecule has 0 bridgehead atoms. The number of aliphatic hydroxyl groups excluding tert-OH is 7. The fourth-order valence-electron chi connectivity index (χ4n) is 11.6. The minimum atomic E-state index is -1.67. The number of amides is 1. The molecule has 0 aliphatic carbocycles. The predicted molar refractivity (Wildman–Crippen MR) is 339 cm³/mol. The number of aliphatic hydroxyl groups is 7. The number of hydrogen-bond acceptors (Lipinski definition) is 10. The van der Waals surface area contributed by atoms with Crippen molar-refractivity contribution < 1.29 is 50.0 Å². The molecule has 9 atom stereocenters. The van der Waals surface area contributed by atoms with Crippen molar-refractivity contribution >= 4 is 5.91 Å². The van der Waals surface area contributed by atoms with Crippen LogP contribution in [0.15, 0.2) is 24.3 Å². The summed E-state index contributed by atoms with van der Waals surface area (Å²) in [5.74, 6) is -0.703. The Labute approximate surface area is 499 Å². The Morgan fingerprint density at radius 1 is 0.420 bits per heavy atom. The summed E-state index contributed by atoms with van der Waals surface area (Å²) in [6, 6.07) is -1.19. The predicted octanol–water partition coefficient (Wildman–Crippen LogP) is 16.8. The van der Waals surface area contributed by atoms with Crippen LogP contribution >= 0.6 is 0 Å². The highest BCUT2D eigenvalue weighted by atomic mass is 16.7. The first-order valence-electron chi connectivity index (χ1n) is 35.2. The molecular weight excluding hydrogens is 1010 g/mol. The van der Waals surface area contributed by atoms with Gasteiger partial charge in [0, 0.05) is 0 Å². The summed E-state index contributed by atoms with van der Waals surface area (Å²) in [7, 11) is 0. The van der Waals surface area contributed by atoms with Crippen LogP contribution in [0.5, 0.6) is 0 Å². The topological polar surface area (TPSA) is 189 Å². The molecule has 8 N–H and O–H groups in total. The van der Waals surface area contributed by atoms with E-state index in [1.165, 1.54) is 263 Å².